The molecule has 0 saturated heterocycles. The van der Waals surface area contributed by atoms with Crippen LogP contribution in [0.3, 0.4) is 0 Å². The maximum atomic E-state index is 6.17. The molecule has 0 spiro atoms. The molecular weight excluding hydrogens is 354 g/mol. The van der Waals surface area contributed by atoms with Crippen molar-refractivity contribution in [3.63, 3.8) is 0 Å². The Hall–Kier alpha value is -1.04. The van der Waals surface area contributed by atoms with Crippen LogP contribution in [0.5, 0.6) is 5.75 Å². The largest absolute Gasteiger partial charge is 0.493 e. The lowest BCUT2D eigenvalue weighted by Gasteiger charge is -2.22. The molecule has 1 aromatic heterocycles. The first-order valence-electron chi connectivity index (χ1n) is 6.82. The van der Waals surface area contributed by atoms with E-state index in [9.17, 15) is 0 Å². The Morgan fingerprint density at radius 1 is 1.48 bits per heavy atom. The second-order valence-electron chi connectivity index (χ2n) is 4.77. The first-order valence-corrected chi connectivity index (χ1v) is 7.99. The van der Waals surface area contributed by atoms with Gasteiger partial charge in [-0.1, -0.05) is 34.5 Å². The third kappa shape index (κ3) is 3.59. The number of nitrogens with one attached hydrogen (secondary N) is 1. The van der Waals surface area contributed by atoms with E-state index >= 15 is 0 Å². The second kappa shape index (κ2) is 7.29. The van der Waals surface area contributed by atoms with Crippen LogP contribution in [0.15, 0.2) is 28.9 Å². The molecule has 1 heterocycles. The molecule has 2 aromatic rings. The number of aryl methyl sites for hydroxylation is 1. The van der Waals surface area contributed by atoms with E-state index < -0.39 is 0 Å². The smallest absolute Gasteiger partial charge is 0.161 e. The van der Waals surface area contributed by atoms with Gasteiger partial charge in [0.15, 0.2) is 5.75 Å². The van der Waals surface area contributed by atoms with E-state index in [0.29, 0.717) is 5.02 Å². The lowest BCUT2D eigenvalue weighted by molar-refractivity contribution is 0.400. The minimum Gasteiger partial charge on any atom is -0.493 e. The fourth-order valence-electron chi connectivity index (χ4n) is 2.29. The highest BCUT2D eigenvalue weighted by Gasteiger charge is 2.24. The Morgan fingerprint density at radius 2 is 2.24 bits per heavy atom. The number of benzene rings is 1. The van der Waals surface area contributed by atoms with Gasteiger partial charge in [0, 0.05) is 16.5 Å². The molecule has 0 fully saturated rings. The molecule has 0 aliphatic rings. The van der Waals surface area contributed by atoms with Gasteiger partial charge in [-0.15, -0.1) is 0 Å². The Kier molecular flexibility index (Phi) is 5.67. The van der Waals surface area contributed by atoms with E-state index in [0.717, 1.165) is 34.4 Å². The highest BCUT2D eigenvalue weighted by atomic mass is 79.9. The van der Waals surface area contributed by atoms with Crippen molar-refractivity contribution < 1.29 is 4.74 Å². The molecule has 21 heavy (non-hydrogen) atoms. The zero-order valence-electron chi connectivity index (χ0n) is 12.4. The van der Waals surface area contributed by atoms with Gasteiger partial charge in [0.1, 0.15) is 5.69 Å². The fraction of sp³-hybridized carbons (Fsp3) is 0.400. The summed E-state index contributed by atoms with van der Waals surface area (Å²) in [4.78, 5) is 0. The minimum atomic E-state index is -0.0412. The van der Waals surface area contributed by atoms with E-state index in [1.807, 2.05) is 29.9 Å². The summed E-state index contributed by atoms with van der Waals surface area (Å²) in [6, 6.07) is 5.75. The van der Waals surface area contributed by atoms with Gasteiger partial charge in [-0.2, -0.15) is 5.10 Å². The summed E-state index contributed by atoms with van der Waals surface area (Å²) in [5.41, 5.74) is 2.05. The molecule has 0 aliphatic carbocycles. The van der Waals surface area contributed by atoms with Crippen LogP contribution in [0.25, 0.3) is 0 Å². The SMILES string of the molecule is CCCNC(c1cc(Cl)ccc1Br)c1c(OC)cnn1C. The molecule has 0 radical (unpaired) electrons. The summed E-state index contributed by atoms with van der Waals surface area (Å²) in [5, 5.41) is 8.55. The van der Waals surface area contributed by atoms with Gasteiger partial charge in [-0.25, -0.2) is 0 Å². The molecule has 1 aromatic carbocycles. The number of nitrogens with zero attached hydrogens (tertiary/aromatic N) is 2. The zero-order chi connectivity index (χ0) is 15.4. The van der Waals surface area contributed by atoms with Crippen molar-refractivity contribution in [3.05, 3.63) is 45.1 Å². The van der Waals surface area contributed by atoms with Crippen LogP contribution in [0.2, 0.25) is 5.02 Å². The molecule has 0 amide bonds. The van der Waals surface area contributed by atoms with Gasteiger partial charge >= 0.3 is 0 Å². The molecular formula is C15H19BrClN3O. The maximum Gasteiger partial charge on any atom is 0.161 e. The van der Waals surface area contributed by atoms with Crippen LogP contribution in [-0.4, -0.2) is 23.4 Å². The molecule has 0 bridgehead atoms. The van der Waals surface area contributed by atoms with Crippen molar-refractivity contribution in [3.8, 4) is 5.75 Å². The molecule has 6 heteroatoms. The highest BCUT2D eigenvalue weighted by Crippen LogP contribution is 2.34. The van der Waals surface area contributed by atoms with E-state index in [1.54, 1.807) is 13.3 Å². The predicted octanol–water partition coefficient (Wildman–Crippen LogP) is 3.93. The van der Waals surface area contributed by atoms with Gasteiger partial charge in [0.25, 0.3) is 0 Å². The molecule has 2 rings (SSSR count). The normalized spacial score (nSPS) is 12.4. The van der Waals surface area contributed by atoms with Gasteiger partial charge < -0.3 is 10.1 Å². The van der Waals surface area contributed by atoms with Crippen molar-refractivity contribution in [1.29, 1.82) is 0 Å². The third-order valence-corrected chi connectivity index (χ3v) is 4.27. The molecule has 0 aliphatic heterocycles. The number of halogens is 2. The predicted molar refractivity (Wildman–Crippen MR) is 89.0 cm³/mol. The van der Waals surface area contributed by atoms with Crippen molar-refractivity contribution in [2.75, 3.05) is 13.7 Å². The lowest BCUT2D eigenvalue weighted by atomic mass is 10.0. The first-order chi connectivity index (χ1) is 10.1. The summed E-state index contributed by atoms with van der Waals surface area (Å²) in [5.74, 6) is 0.762. The monoisotopic (exact) mass is 371 g/mol. The standard InChI is InChI=1S/C15H19BrClN3O/c1-4-7-18-14(11-8-10(17)5-6-12(11)16)15-13(21-3)9-19-20(15)2/h5-6,8-9,14,18H,4,7H2,1-3H3. The third-order valence-electron chi connectivity index (χ3n) is 3.31. The summed E-state index contributed by atoms with van der Waals surface area (Å²) in [6.07, 6.45) is 2.77. The summed E-state index contributed by atoms with van der Waals surface area (Å²) in [6.45, 7) is 3.02. The Morgan fingerprint density at radius 3 is 2.90 bits per heavy atom. The highest BCUT2D eigenvalue weighted by molar-refractivity contribution is 9.10. The van der Waals surface area contributed by atoms with E-state index in [-0.39, 0.29) is 6.04 Å². The van der Waals surface area contributed by atoms with Gasteiger partial charge in [0.2, 0.25) is 0 Å². The van der Waals surface area contributed by atoms with Gasteiger partial charge in [0.05, 0.1) is 19.3 Å². The quantitative estimate of drug-likeness (QED) is 0.835. The number of hydrogen-bond donors (Lipinski definition) is 1. The number of methoxy groups -OCH3 is 1. The number of hydrogen-bond acceptors (Lipinski definition) is 3. The molecule has 4 nitrogen and oxygen atoms in total. The number of aromatic nitrogens is 2. The van der Waals surface area contributed by atoms with Crippen LogP contribution in [0.1, 0.15) is 30.6 Å². The van der Waals surface area contributed by atoms with Crippen molar-refractivity contribution in [2.24, 2.45) is 7.05 Å². The van der Waals surface area contributed by atoms with Crippen LogP contribution < -0.4 is 10.1 Å². The van der Waals surface area contributed by atoms with Crippen LogP contribution >= 0.6 is 27.5 Å². The number of rotatable bonds is 6. The van der Waals surface area contributed by atoms with Crippen molar-refractivity contribution in [2.45, 2.75) is 19.4 Å². The first kappa shape index (κ1) is 16.3. The fourth-order valence-corrected chi connectivity index (χ4v) is 2.95. The minimum absolute atomic E-state index is 0.0412. The van der Waals surface area contributed by atoms with Gasteiger partial charge in [-0.05, 0) is 36.7 Å². The Labute approximate surface area is 138 Å². The molecule has 0 saturated carbocycles. The lowest BCUT2D eigenvalue weighted by Crippen LogP contribution is -2.26. The summed E-state index contributed by atoms with van der Waals surface area (Å²) in [7, 11) is 3.57. The van der Waals surface area contributed by atoms with E-state index in [4.69, 9.17) is 16.3 Å². The molecule has 1 N–H and O–H groups in total. The average Bonchev–Trinajstić information content (AvgIpc) is 2.84. The van der Waals surface area contributed by atoms with E-state index in [1.165, 1.54) is 0 Å². The Balaban J connectivity index is 2.52. The average molecular weight is 373 g/mol. The molecule has 114 valence electrons. The number of ether oxygens (including phenoxy) is 1. The molecule has 1 unspecified atom stereocenters. The van der Waals surface area contributed by atoms with Crippen molar-refractivity contribution in [1.82, 2.24) is 15.1 Å². The van der Waals surface area contributed by atoms with Gasteiger partial charge in [-0.3, -0.25) is 4.68 Å². The molecule has 1 atom stereocenters. The topological polar surface area (TPSA) is 39.1 Å². The van der Waals surface area contributed by atoms with Crippen molar-refractivity contribution >= 4 is 27.5 Å². The van der Waals surface area contributed by atoms with Crippen LogP contribution in [0, 0.1) is 0 Å². The maximum absolute atomic E-state index is 6.17. The van der Waals surface area contributed by atoms with Crippen LogP contribution in [-0.2, 0) is 7.05 Å². The summed E-state index contributed by atoms with van der Waals surface area (Å²) < 4.78 is 8.28. The second-order valence-corrected chi connectivity index (χ2v) is 6.07. The van der Waals surface area contributed by atoms with Crippen LogP contribution in [0.4, 0.5) is 0 Å². The zero-order valence-corrected chi connectivity index (χ0v) is 14.7. The van der Waals surface area contributed by atoms with E-state index in [2.05, 4.69) is 33.3 Å². The Bertz CT molecular complexity index is 615. The summed E-state index contributed by atoms with van der Waals surface area (Å²) >= 11 is 9.78.